The molecule has 0 spiro atoms. The summed E-state index contributed by atoms with van der Waals surface area (Å²) in [5, 5.41) is 19.3. The molecule has 2 N–H and O–H groups in total. The Morgan fingerprint density at radius 1 is 1.47 bits per heavy atom. The van der Waals surface area contributed by atoms with Crippen molar-refractivity contribution in [1.82, 2.24) is 0 Å². The Balaban J connectivity index is 2.24. The maximum Gasteiger partial charge on any atom is 0.122 e. The molecule has 2 rings (SSSR count). The first-order valence-corrected chi connectivity index (χ1v) is 5.18. The standard InChI is InChI=1S/C12H15FO2/c1-8(13)9-2-3-11(14)10(6-9)7-12(15)4-5-12/h2-3,6,8,14-15H,4-5,7H2,1H3. The van der Waals surface area contributed by atoms with Crippen LogP contribution in [0.25, 0.3) is 0 Å². The van der Waals surface area contributed by atoms with Gasteiger partial charge in [-0.3, -0.25) is 0 Å². The van der Waals surface area contributed by atoms with Crippen LogP contribution in [0.5, 0.6) is 5.75 Å². The van der Waals surface area contributed by atoms with Gasteiger partial charge in [0.05, 0.1) is 5.60 Å². The molecule has 1 aliphatic carbocycles. The van der Waals surface area contributed by atoms with Crippen molar-refractivity contribution in [3.05, 3.63) is 29.3 Å². The van der Waals surface area contributed by atoms with E-state index in [1.807, 2.05) is 0 Å². The zero-order valence-electron chi connectivity index (χ0n) is 8.70. The van der Waals surface area contributed by atoms with Crippen LogP contribution in [0.15, 0.2) is 18.2 Å². The van der Waals surface area contributed by atoms with E-state index in [0.717, 1.165) is 12.8 Å². The molecule has 15 heavy (non-hydrogen) atoms. The molecule has 1 aromatic carbocycles. The Labute approximate surface area is 88.4 Å². The number of hydrogen-bond acceptors (Lipinski definition) is 2. The quantitative estimate of drug-likeness (QED) is 0.804. The summed E-state index contributed by atoms with van der Waals surface area (Å²) in [6, 6.07) is 4.70. The molecular weight excluding hydrogens is 195 g/mol. The van der Waals surface area contributed by atoms with Crippen molar-refractivity contribution in [3.63, 3.8) is 0 Å². The van der Waals surface area contributed by atoms with Gasteiger partial charge >= 0.3 is 0 Å². The van der Waals surface area contributed by atoms with Crippen LogP contribution >= 0.6 is 0 Å². The van der Waals surface area contributed by atoms with Crippen molar-refractivity contribution in [1.29, 1.82) is 0 Å². The van der Waals surface area contributed by atoms with E-state index in [4.69, 9.17) is 0 Å². The lowest BCUT2D eigenvalue weighted by atomic mass is 10.0. The van der Waals surface area contributed by atoms with Gasteiger partial charge in [-0.05, 0) is 43.0 Å². The van der Waals surface area contributed by atoms with Crippen molar-refractivity contribution < 1.29 is 14.6 Å². The van der Waals surface area contributed by atoms with Crippen molar-refractivity contribution in [2.75, 3.05) is 0 Å². The first-order valence-electron chi connectivity index (χ1n) is 5.18. The molecule has 0 bridgehead atoms. The highest BCUT2D eigenvalue weighted by Crippen LogP contribution is 2.40. The largest absolute Gasteiger partial charge is 0.508 e. The second-order valence-corrected chi connectivity index (χ2v) is 4.41. The molecule has 1 aliphatic rings. The minimum absolute atomic E-state index is 0.139. The third kappa shape index (κ3) is 2.29. The van der Waals surface area contributed by atoms with Crippen LogP contribution in [0.4, 0.5) is 4.39 Å². The molecule has 1 fully saturated rings. The first-order chi connectivity index (χ1) is 7.00. The van der Waals surface area contributed by atoms with E-state index in [9.17, 15) is 14.6 Å². The van der Waals surface area contributed by atoms with Gasteiger partial charge in [-0.25, -0.2) is 4.39 Å². The van der Waals surface area contributed by atoms with Gasteiger partial charge in [0.2, 0.25) is 0 Å². The van der Waals surface area contributed by atoms with Gasteiger partial charge in [0.1, 0.15) is 11.9 Å². The molecule has 1 aromatic rings. The Morgan fingerprint density at radius 2 is 2.13 bits per heavy atom. The summed E-state index contributed by atoms with van der Waals surface area (Å²) in [4.78, 5) is 0. The van der Waals surface area contributed by atoms with E-state index in [1.165, 1.54) is 13.0 Å². The number of halogens is 1. The summed E-state index contributed by atoms with van der Waals surface area (Å²) >= 11 is 0. The van der Waals surface area contributed by atoms with Crippen molar-refractivity contribution in [3.8, 4) is 5.75 Å². The molecule has 0 amide bonds. The number of alkyl halides is 1. The summed E-state index contributed by atoms with van der Waals surface area (Å²) in [5.74, 6) is 0.139. The number of aromatic hydroxyl groups is 1. The Hall–Kier alpha value is -1.09. The van der Waals surface area contributed by atoms with Gasteiger partial charge < -0.3 is 10.2 Å². The van der Waals surface area contributed by atoms with Gasteiger partial charge in [-0.2, -0.15) is 0 Å². The minimum Gasteiger partial charge on any atom is -0.508 e. The van der Waals surface area contributed by atoms with Gasteiger partial charge in [-0.15, -0.1) is 0 Å². The molecule has 3 heteroatoms. The fourth-order valence-corrected chi connectivity index (χ4v) is 1.67. The third-order valence-electron chi connectivity index (χ3n) is 2.91. The van der Waals surface area contributed by atoms with E-state index in [-0.39, 0.29) is 5.75 Å². The number of phenols is 1. The molecule has 0 heterocycles. The molecule has 1 saturated carbocycles. The van der Waals surface area contributed by atoms with Gasteiger partial charge in [0, 0.05) is 6.42 Å². The number of hydrogen-bond donors (Lipinski definition) is 2. The topological polar surface area (TPSA) is 40.5 Å². The third-order valence-corrected chi connectivity index (χ3v) is 2.91. The minimum atomic E-state index is -1.04. The van der Waals surface area contributed by atoms with Gasteiger partial charge in [0.15, 0.2) is 0 Å². The molecule has 82 valence electrons. The van der Waals surface area contributed by atoms with Gasteiger partial charge in [0.25, 0.3) is 0 Å². The van der Waals surface area contributed by atoms with E-state index < -0.39 is 11.8 Å². The lowest BCUT2D eigenvalue weighted by Crippen LogP contribution is -2.11. The van der Waals surface area contributed by atoms with Crippen molar-refractivity contribution >= 4 is 0 Å². The molecule has 1 atom stereocenters. The van der Waals surface area contributed by atoms with Crippen LogP contribution in [0, 0.1) is 0 Å². The van der Waals surface area contributed by atoms with E-state index in [0.29, 0.717) is 17.5 Å². The van der Waals surface area contributed by atoms with Crippen LogP contribution in [0.1, 0.15) is 37.1 Å². The van der Waals surface area contributed by atoms with E-state index in [1.54, 1.807) is 12.1 Å². The number of phenolic OH excluding ortho intramolecular Hbond substituents is 1. The fraction of sp³-hybridized carbons (Fsp3) is 0.500. The van der Waals surface area contributed by atoms with Crippen LogP contribution in [0.2, 0.25) is 0 Å². The highest BCUT2D eigenvalue weighted by Gasteiger charge is 2.40. The molecule has 0 aromatic heterocycles. The number of aliphatic hydroxyl groups is 1. The Bertz CT molecular complexity index is 370. The molecule has 2 nitrogen and oxygen atoms in total. The average molecular weight is 210 g/mol. The first kappa shape index (κ1) is 10.4. The highest BCUT2D eigenvalue weighted by molar-refractivity contribution is 5.38. The smallest absolute Gasteiger partial charge is 0.122 e. The molecule has 0 radical (unpaired) electrons. The zero-order valence-corrected chi connectivity index (χ0v) is 8.70. The summed E-state index contributed by atoms with van der Waals surface area (Å²) in [6.07, 6.45) is 0.904. The van der Waals surface area contributed by atoms with E-state index in [2.05, 4.69) is 0 Å². The van der Waals surface area contributed by atoms with E-state index >= 15 is 0 Å². The summed E-state index contributed by atoms with van der Waals surface area (Å²) < 4.78 is 13.0. The fourth-order valence-electron chi connectivity index (χ4n) is 1.67. The van der Waals surface area contributed by atoms with Crippen molar-refractivity contribution in [2.45, 2.75) is 38.0 Å². The lowest BCUT2D eigenvalue weighted by molar-refractivity contribution is 0.150. The monoisotopic (exact) mass is 210 g/mol. The Kier molecular flexibility index (Phi) is 2.43. The molecule has 0 saturated heterocycles. The maximum atomic E-state index is 13.0. The zero-order chi connectivity index (χ0) is 11.1. The van der Waals surface area contributed by atoms with Crippen LogP contribution in [-0.2, 0) is 6.42 Å². The average Bonchev–Trinajstić information content (AvgIpc) is 2.87. The number of benzene rings is 1. The summed E-state index contributed by atoms with van der Waals surface area (Å²) in [5.41, 5.74) is 0.527. The van der Waals surface area contributed by atoms with Crippen LogP contribution in [0.3, 0.4) is 0 Å². The van der Waals surface area contributed by atoms with Gasteiger partial charge in [-0.1, -0.05) is 6.07 Å². The van der Waals surface area contributed by atoms with Crippen molar-refractivity contribution in [2.24, 2.45) is 0 Å². The second kappa shape index (κ2) is 3.49. The maximum absolute atomic E-state index is 13.0. The predicted octanol–water partition coefficient (Wildman–Crippen LogP) is 2.49. The molecular formula is C12H15FO2. The number of rotatable bonds is 3. The highest BCUT2D eigenvalue weighted by atomic mass is 19.1. The Morgan fingerprint density at radius 3 is 2.67 bits per heavy atom. The molecule has 0 aliphatic heterocycles. The summed E-state index contributed by atoms with van der Waals surface area (Å²) in [6.45, 7) is 1.46. The molecule has 1 unspecified atom stereocenters. The second-order valence-electron chi connectivity index (χ2n) is 4.41. The lowest BCUT2D eigenvalue weighted by Gasteiger charge is -2.11. The normalized spacial score (nSPS) is 19.9. The van der Waals surface area contributed by atoms with Crippen LogP contribution in [-0.4, -0.2) is 15.8 Å². The predicted molar refractivity (Wildman–Crippen MR) is 55.5 cm³/mol. The summed E-state index contributed by atoms with van der Waals surface area (Å²) in [7, 11) is 0. The van der Waals surface area contributed by atoms with Crippen LogP contribution < -0.4 is 0 Å². The SMILES string of the molecule is CC(F)c1ccc(O)c(CC2(O)CC2)c1.